The number of amides is 2. The van der Waals surface area contributed by atoms with Crippen LogP contribution in [0, 0.1) is 0 Å². The Hall–Kier alpha value is -2.93. The van der Waals surface area contributed by atoms with Gasteiger partial charge in [-0.1, -0.05) is 0 Å². The molecule has 0 saturated heterocycles. The number of H-pyrrole nitrogens is 1. The lowest BCUT2D eigenvalue weighted by molar-refractivity contribution is 0.174. The summed E-state index contributed by atoms with van der Waals surface area (Å²) in [6, 6.07) is 10.1. The van der Waals surface area contributed by atoms with Gasteiger partial charge in [0.25, 0.3) is 0 Å². The molecule has 4 rings (SSSR count). The van der Waals surface area contributed by atoms with Crippen molar-refractivity contribution in [2.75, 3.05) is 17.4 Å². The third-order valence-corrected chi connectivity index (χ3v) is 3.52. The van der Waals surface area contributed by atoms with Gasteiger partial charge >= 0.3 is 6.03 Å². The van der Waals surface area contributed by atoms with Gasteiger partial charge in [-0.05, 0) is 41.9 Å². The van der Waals surface area contributed by atoms with Gasteiger partial charge in [-0.3, -0.25) is 0 Å². The first-order chi connectivity index (χ1) is 11.2. The van der Waals surface area contributed by atoms with E-state index in [-0.39, 0.29) is 12.8 Å². The molecular formula is C15H11ClN4O3. The lowest BCUT2D eigenvalue weighted by Crippen LogP contribution is -2.19. The molecule has 1 aliphatic heterocycles. The van der Waals surface area contributed by atoms with Crippen LogP contribution in [0.2, 0.25) is 5.28 Å². The first kappa shape index (κ1) is 13.7. The summed E-state index contributed by atoms with van der Waals surface area (Å²) >= 11 is 5.81. The maximum Gasteiger partial charge on any atom is 0.323 e. The quantitative estimate of drug-likeness (QED) is 0.670. The summed E-state index contributed by atoms with van der Waals surface area (Å²) < 4.78 is 10.5. The van der Waals surface area contributed by atoms with Crippen LogP contribution in [-0.2, 0) is 0 Å². The lowest BCUT2D eigenvalue weighted by atomic mass is 10.2. The molecule has 2 heterocycles. The van der Waals surface area contributed by atoms with E-state index in [0.29, 0.717) is 28.2 Å². The minimum atomic E-state index is -0.367. The standard InChI is InChI=1S/C15H11ClN4O3/c16-14-19-10-3-1-8(5-11(10)20-14)17-15(21)18-9-2-4-12-13(6-9)23-7-22-12/h1-6H,7H2,(H,19,20)(H2,17,18,21). The predicted molar refractivity (Wildman–Crippen MR) is 86.3 cm³/mol. The van der Waals surface area contributed by atoms with Gasteiger partial charge in [0, 0.05) is 17.4 Å². The number of benzene rings is 2. The Bertz CT molecular complexity index is 909. The molecule has 3 aromatic rings. The van der Waals surface area contributed by atoms with Crippen molar-refractivity contribution >= 4 is 40.0 Å². The molecule has 0 atom stereocenters. The molecular weight excluding hydrogens is 320 g/mol. The summed E-state index contributed by atoms with van der Waals surface area (Å²) in [5.41, 5.74) is 2.71. The average Bonchev–Trinajstić information content (AvgIpc) is 3.11. The van der Waals surface area contributed by atoms with Crippen molar-refractivity contribution in [2.45, 2.75) is 0 Å². The molecule has 0 aliphatic carbocycles. The zero-order valence-electron chi connectivity index (χ0n) is 11.7. The molecule has 1 aromatic heterocycles. The Balaban J connectivity index is 1.48. The number of nitrogens with one attached hydrogen (secondary N) is 3. The molecule has 0 spiro atoms. The number of hydrogen-bond donors (Lipinski definition) is 3. The minimum absolute atomic E-state index is 0.192. The van der Waals surface area contributed by atoms with Crippen LogP contribution in [0.4, 0.5) is 16.2 Å². The van der Waals surface area contributed by atoms with Crippen molar-refractivity contribution in [3.05, 3.63) is 41.7 Å². The third-order valence-electron chi connectivity index (χ3n) is 3.34. The second-order valence-corrected chi connectivity index (χ2v) is 5.26. The number of halogens is 1. The Labute approximate surface area is 135 Å². The Kier molecular flexibility index (Phi) is 3.20. The molecule has 0 saturated carbocycles. The van der Waals surface area contributed by atoms with E-state index in [1.54, 1.807) is 36.4 Å². The first-order valence-corrected chi connectivity index (χ1v) is 7.18. The number of hydrogen-bond acceptors (Lipinski definition) is 4. The minimum Gasteiger partial charge on any atom is -0.454 e. The zero-order valence-corrected chi connectivity index (χ0v) is 12.5. The summed E-state index contributed by atoms with van der Waals surface area (Å²) in [5, 5.41) is 5.79. The van der Waals surface area contributed by atoms with Gasteiger partial charge in [0.15, 0.2) is 11.5 Å². The summed E-state index contributed by atoms with van der Waals surface area (Å²) in [7, 11) is 0. The maximum atomic E-state index is 12.1. The summed E-state index contributed by atoms with van der Waals surface area (Å²) in [4.78, 5) is 19.1. The lowest BCUT2D eigenvalue weighted by Gasteiger charge is -2.08. The van der Waals surface area contributed by atoms with Crippen LogP contribution in [0.25, 0.3) is 11.0 Å². The number of fused-ring (bicyclic) bond motifs is 2. The fraction of sp³-hybridized carbons (Fsp3) is 0.0667. The predicted octanol–water partition coefficient (Wildman–Crippen LogP) is 3.59. The number of ether oxygens (including phenoxy) is 2. The van der Waals surface area contributed by atoms with Gasteiger partial charge in [-0.2, -0.15) is 0 Å². The molecule has 0 unspecified atom stereocenters. The maximum absolute atomic E-state index is 12.1. The van der Waals surface area contributed by atoms with Crippen molar-refractivity contribution < 1.29 is 14.3 Å². The summed E-state index contributed by atoms with van der Waals surface area (Å²) in [6.07, 6.45) is 0. The number of urea groups is 1. The molecule has 116 valence electrons. The molecule has 3 N–H and O–H groups in total. The zero-order chi connectivity index (χ0) is 15.8. The van der Waals surface area contributed by atoms with Crippen LogP contribution in [0.1, 0.15) is 0 Å². The first-order valence-electron chi connectivity index (χ1n) is 6.80. The molecule has 8 heteroatoms. The average molecular weight is 331 g/mol. The number of anilines is 2. The van der Waals surface area contributed by atoms with Crippen molar-refractivity contribution in [3.8, 4) is 11.5 Å². The van der Waals surface area contributed by atoms with E-state index in [1.165, 1.54) is 0 Å². The van der Waals surface area contributed by atoms with Gasteiger partial charge in [0.2, 0.25) is 12.1 Å². The Morgan fingerprint density at radius 1 is 1.09 bits per heavy atom. The Morgan fingerprint density at radius 2 is 1.83 bits per heavy atom. The van der Waals surface area contributed by atoms with E-state index < -0.39 is 0 Å². The number of nitrogens with zero attached hydrogens (tertiary/aromatic N) is 1. The normalized spacial score (nSPS) is 12.4. The molecule has 7 nitrogen and oxygen atoms in total. The molecule has 0 radical (unpaired) electrons. The van der Waals surface area contributed by atoms with Crippen LogP contribution < -0.4 is 20.1 Å². The smallest absolute Gasteiger partial charge is 0.323 e. The van der Waals surface area contributed by atoms with E-state index in [0.717, 1.165) is 11.0 Å². The van der Waals surface area contributed by atoms with Crippen LogP contribution in [-0.4, -0.2) is 22.8 Å². The summed E-state index contributed by atoms with van der Waals surface area (Å²) in [5.74, 6) is 1.27. The highest BCUT2D eigenvalue weighted by atomic mass is 35.5. The SMILES string of the molecule is O=C(Nc1ccc2c(c1)OCO2)Nc1ccc2nc(Cl)[nH]c2c1. The Morgan fingerprint density at radius 3 is 2.70 bits per heavy atom. The molecule has 23 heavy (non-hydrogen) atoms. The number of carbonyl (C=O) groups is 1. The van der Waals surface area contributed by atoms with Gasteiger partial charge in [0.05, 0.1) is 11.0 Å². The van der Waals surface area contributed by atoms with E-state index in [4.69, 9.17) is 21.1 Å². The highest BCUT2D eigenvalue weighted by molar-refractivity contribution is 6.29. The van der Waals surface area contributed by atoms with Gasteiger partial charge < -0.3 is 25.1 Å². The van der Waals surface area contributed by atoms with Gasteiger partial charge in [0.1, 0.15) is 0 Å². The highest BCUT2D eigenvalue weighted by Gasteiger charge is 2.14. The second-order valence-electron chi connectivity index (χ2n) is 4.91. The van der Waals surface area contributed by atoms with Crippen LogP contribution in [0.5, 0.6) is 11.5 Å². The molecule has 0 bridgehead atoms. The fourth-order valence-electron chi connectivity index (χ4n) is 2.32. The van der Waals surface area contributed by atoms with Crippen molar-refractivity contribution in [3.63, 3.8) is 0 Å². The van der Waals surface area contributed by atoms with E-state index in [2.05, 4.69) is 20.6 Å². The second kappa shape index (κ2) is 5.36. The molecule has 2 amide bonds. The van der Waals surface area contributed by atoms with Crippen LogP contribution in [0.15, 0.2) is 36.4 Å². The number of rotatable bonds is 2. The summed E-state index contributed by atoms with van der Waals surface area (Å²) in [6.45, 7) is 0.192. The van der Waals surface area contributed by atoms with E-state index >= 15 is 0 Å². The van der Waals surface area contributed by atoms with E-state index in [1.807, 2.05) is 0 Å². The number of aromatic nitrogens is 2. The number of aromatic amines is 1. The molecule has 2 aromatic carbocycles. The molecule has 1 aliphatic rings. The van der Waals surface area contributed by atoms with E-state index in [9.17, 15) is 4.79 Å². The van der Waals surface area contributed by atoms with Crippen molar-refractivity contribution in [1.82, 2.24) is 9.97 Å². The largest absolute Gasteiger partial charge is 0.454 e. The van der Waals surface area contributed by atoms with Crippen LogP contribution in [0.3, 0.4) is 0 Å². The topological polar surface area (TPSA) is 88.3 Å². The van der Waals surface area contributed by atoms with Crippen molar-refractivity contribution in [2.24, 2.45) is 0 Å². The fourth-order valence-corrected chi connectivity index (χ4v) is 2.52. The molecule has 0 fully saturated rings. The number of imidazole rings is 1. The number of carbonyl (C=O) groups excluding carboxylic acids is 1. The highest BCUT2D eigenvalue weighted by Crippen LogP contribution is 2.34. The van der Waals surface area contributed by atoms with Gasteiger partial charge in [-0.15, -0.1) is 0 Å². The van der Waals surface area contributed by atoms with Crippen molar-refractivity contribution in [1.29, 1.82) is 0 Å². The van der Waals surface area contributed by atoms with Gasteiger partial charge in [-0.25, -0.2) is 9.78 Å². The van der Waals surface area contributed by atoms with Crippen LogP contribution >= 0.6 is 11.6 Å². The monoisotopic (exact) mass is 330 g/mol. The third kappa shape index (κ3) is 2.74.